The van der Waals surface area contributed by atoms with Crippen molar-refractivity contribution in [1.82, 2.24) is 0 Å². The summed E-state index contributed by atoms with van der Waals surface area (Å²) in [5.41, 5.74) is 12.6. The fraction of sp³-hybridized carbons (Fsp3) is 0.310. The van der Waals surface area contributed by atoms with Crippen molar-refractivity contribution in [2.75, 3.05) is 0 Å². The van der Waals surface area contributed by atoms with E-state index in [9.17, 15) is 5.26 Å². The smallest absolute Gasteiger partial charge is 0.0991 e. The first kappa shape index (κ1) is 56.0. The van der Waals surface area contributed by atoms with Crippen LogP contribution in [0, 0.1) is 40.9 Å². The molecule has 0 heterocycles. The third-order valence-corrected chi connectivity index (χ3v) is 8.81. The molecule has 0 aliphatic carbocycles. The molecule has 2 nitrogen and oxygen atoms in total. The van der Waals surface area contributed by atoms with E-state index in [2.05, 4.69) is 176 Å². The van der Waals surface area contributed by atoms with Crippen LogP contribution in [-0.4, -0.2) is 0 Å². The Bertz CT molecular complexity index is 2030. The standard InChI is InChI=1S/C50H54N2.3C2H6.C2H2/c1-8-10-23-45(43(9-2)24-15-12-18-33-51)27-17-16-21-41(31-32-49(50(5,6)7)35-40(4)44-25-13-11-14-26-44)34-39(3)46-28-20-30-48(37-46)47-29-19-22-42(36-47)38-52;4*1-2/h8,10-15,19-30,32,34-37H,1,9,16-18,31H2,2-7H3;3*1-2H3;1-2H/b15-12-,23-10-,39-34+,40-35+,41-21-,43-24+,45-27+,49-32+;;;;. The lowest BCUT2D eigenvalue weighted by atomic mass is 9.83. The summed E-state index contributed by atoms with van der Waals surface area (Å²) < 4.78 is 0. The first-order valence-corrected chi connectivity index (χ1v) is 21.6. The van der Waals surface area contributed by atoms with Crippen molar-refractivity contribution < 1.29 is 0 Å². The van der Waals surface area contributed by atoms with Gasteiger partial charge in [0.05, 0.1) is 24.1 Å². The van der Waals surface area contributed by atoms with Gasteiger partial charge in [-0.3, -0.25) is 0 Å². The van der Waals surface area contributed by atoms with Crippen LogP contribution >= 0.6 is 0 Å². The third kappa shape index (κ3) is 22.1. The maximum Gasteiger partial charge on any atom is 0.0991 e. The predicted octanol–water partition coefficient (Wildman–Crippen LogP) is 17.6. The Hall–Kier alpha value is -6.14. The van der Waals surface area contributed by atoms with E-state index in [1.54, 1.807) is 6.08 Å². The Balaban J connectivity index is 0. The van der Waals surface area contributed by atoms with E-state index >= 15 is 0 Å². The van der Waals surface area contributed by atoms with Crippen LogP contribution in [0.3, 0.4) is 0 Å². The highest BCUT2D eigenvalue weighted by molar-refractivity contribution is 5.74. The Morgan fingerprint density at radius 3 is 1.88 bits per heavy atom. The van der Waals surface area contributed by atoms with Gasteiger partial charge in [0.2, 0.25) is 0 Å². The molecule has 0 saturated carbocycles. The third-order valence-electron chi connectivity index (χ3n) is 8.81. The van der Waals surface area contributed by atoms with Crippen LogP contribution in [0.25, 0.3) is 22.3 Å². The lowest BCUT2D eigenvalue weighted by Gasteiger charge is -2.22. The summed E-state index contributed by atoms with van der Waals surface area (Å²) in [4.78, 5) is 0. The molecular formula is C58H74N2. The highest BCUT2D eigenvalue weighted by atomic mass is 14.2. The molecule has 316 valence electrons. The number of hydrogen-bond donors (Lipinski definition) is 0. The van der Waals surface area contributed by atoms with E-state index in [0.717, 1.165) is 42.4 Å². The first-order valence-electron chi connectivity index (χ1n) is 21.6. The Morgan fingerprint density at radius 2 is 1.30 bits per heavy atom. The lowest BCUT2D eigenvalue weighted by Crippen LogP contribution is -2.08. The lowest BCUT2D eigenvalue weighted by molar-refractivity contribution is 0.515. The Labute approximate surface area is 368 Å². The van der Waals surface area contributed by atoms with E-state index in [0.29, 0.717) is 12.0 Å². The molecule has 60 heavy (non-hydrogen) atoms. The van der Waals surface area contributed by atoms with Gasteiger partial charge in [0.25, 0.3) is 0 Å². The van der Waals surface area contributed by atoms with Crippen LogP contribution in [0.4, 0.5) is 0 Å². The van der Waals surface area contributed by atoms with Crippen LogP contribution in [0.5, 0.6) is 0 Å². The van der Waals surface area contributed by atoms with E-state index in [4.69, 9.17) is 5.26 Å². The molecule has 0 bridgehead atoms. The molecular weight excluding hydrogens is 725 g/mol. The van der Waals surface area contributed by atoms with Gasteiger partial charge in [-0.1, -0.05) is 203 Å². The van der Waals surface area contributed by atoms with Gasteiger partial charge in [-0.05, 0) is 119 Å². The van der Waals surface area contributed by atoms with Gasteiger partial charge >= 0.3 is 0 Å². The minimum absolute atomic E-state index is 0.0219. The molecule has 0 radical (unpaired) electrons. The largest absolute Gasteiger partial charge is 0.198 e. The predicted molar refractivity (Wildman–Crippen MR) is 269 cm³/mol. The Morgan fingerprint density at radius 1 is 0.717 bits per heavy atom. The maximum atomic E-state index is 9.45. The average Bonchev–Trinajstić information content (AvgIpc) is 3.30. The van der Waals surface area contributed by atoms with Gasteiger partial charge in [0.15, 0.2) is 0 Å². The fourth-order valence-electron chi connectivity index (χ4n) is 5.81. The number of rotatable bonds is 16. The normalized spacial score (nSPS) is 12.3. The number of nitriles is 2. The average molecular weight is 799 g/mol. The number of terminal acetylenes is 1. The highest BCUT2D eigenvalue weighted by Gasteiger charge is 2.16. The summed E-state index contributed by atoms with van der Waals surface area (Å²) >= 11 is 0. The summed E-state index contributed by atoms with van der Waals surface area (Å²) in [5, 5.41) is 18.4. The van der Waals surface area contributed by atoms with Crippen LogP contribution < -0.4 is 0 Å². The quantitative estimate of drug-likeness (QED) is 0.0823. The van der Waals surface area contributed by atoms with Gasteiger partial charge in [-0.15, -0.1) is 12.8 Å². The SMILES string of the molecule is C#C.C=C\C=C/C(=C\CC/C=C(\C=C(/C)c1cccc(-c2cccc(C#N)c2)c1)C/C=C(\C=C(/C)c1ccccc1)C(C)(C)C)C(=C/C=C\CC#N)/CC.CC.CC.CC. The van der Waals surface area contributed by atoms with Crippen LogP contribution in [0.2, 0.25) is 0 Å². The molecule has 0 fully saturated rings. The molecule has 0 aliphatic rings. The molecule has 3 rings (SSSR count). The molecule has 0 unspecified atom stereocenters. The van der Waals surface area contributed by atoms with Crippen molar-refractivity contribution in [2.45, 2.75) is 115 Å². The van der Waals surface area contributed by atoms with Crippen molar-refractivity contribution in [3.05, 3.63) is 191 Å². The second kappa shape index (κ2) is 34.9. The second-order valence-electron chi connectivity index (χ2n) is 13.9. The molecule has 0 spiro atoms. The van der Waals surface area contributed by atoms with Crippen molar-refractivity contribution in [3.8, 4) is 36.1 Å². The van der Waals surface area contributed by atoms with Gasteiger partial charge in [-0.25, -0.2) is 0 Å². The highest BCUT2D eigenvalue weighted by Crippen LogP contribution is 2.32. The molecule has 0 saturated heterocycles. The van der Waals surface area contributed by atoms with Crippen molar-refractivity contribution in [3.63, 3.8) is 0 Å². The van der Waals surface area contributed by atoms with Crippen LogP contribution in [0.1, 0.15) is 132 Å². The number of benzene rings is 3. The molecule has 0 amide bonds. The zero-order chi connectivity index (χ0) is 45.8. The Kier molecular flexibility index (Phi) is 32.5. The van der Waals surface area contributed by atoms with Gasteiger partial charge in [0.1, 0.15) is 0 Å². The summed E-state index contributed by atoms with van der Waals surface area (Å²) in [5.74, 6) is 0. The number of allylic oxidation sites excluding steroid dienone is 17. The minimum Gasteiger partial charge on any atom is -0.198 e. The summed E-state index contributed by atoms with van der Waals surface area (Å²) in [7, 11) is 0. The van der Waals surface area contributed by atoms with E-state index in [1.165, 1.54) is 39.0 Å². The molecule has 0 N–H and O–H groups in total. The van der Waals surface area contributed by atoms with Gasteiger partial charge < -0.3 is 0 Å². The van der Waals surface area contributed by atoms with Crippen molar-refractivity contribution in [2.24, 2.45) is 5.41 Å². The molecule has 2 heteroatoms. The van der Waals surface area contributed by atoms with Crippen LogP contribution in [0.15, 0.2) is 175 Å². The number of unbranched alkanes of at least 4 members (excludes halogenated alkanes) is 1. The zero-order valence-electron chi connectivity index (χ0n) is 39.1. The summed E-state index contributed by atoms with van der Waals surface area (Å²) in [6.07, 6.45) is 35.5. The van der Waals surface area contributed by atoms with E-state index in [-0.39, 0.29) is 5.41 Å². The first-order chi connectivity index (χ1) is 29.1. The maximum absolute atomic E-state index is 9.45. The minimum atomic E-state index is -0.0219. The molecule has 0 atom stereocenters. The van der Waals surface area contributed by atoms with Gasteiger partial charge in [-0.2, -0.15) is 10.5 Å². The molecule has 0 aliphatic heterocycles. The zero-order valence-corrected chi connectivity index (χ0v) is 39.1. The topological polar surface area (TPSA) is 47.6 Å². The summed E-state index contributed by atoms with van der Waals surface area (Å²) in [6.45, 7) is 29.2. The number of nitrogens with zero attached hydrogens (tertiary/aromatic N) is 2. The number of hydrogen-bond acceptors (Lipinski definition) is 2. The summed E-state index contributed by atoms with van der Waals surface area (Å²) in [6, 6.07) is 31.4. The van der Waals surface area contributed by atoms with Crippen molar-refractivity contribution >= 4 is 11.1 Å². The monoisotopic (exact) mass is 799 g/mol. The van der Waals surface area contributed by atoms with Crippen molar-refractivity contribution in [1.29, 1.82) is 10.5 Å². The van der Waals surface area contributed by atoms with E-state index in [1.807, 2.05) is 78.0 Å². The molecule has 0 aromatic heterocycles. The molecule has 3 aromatic rings. The van der Waals surface area contributed by atoms with Gasteiger partial charge in [0, 0.05) is 0 Å². The van der Waals surface area contributed by atoms with E-state index < -0.39 is 0 Å². The molecule has 3 aromatic carbocycles. The second-order valence-corrected chi connectivity index (χ2v) is 13.9. The van der Waals surface area contributed by atoms with Crippen LogP contribution in [-0.2, 0) is 0 Å². The fourth-order valence-corrected chi connectivity index (χ4v) is 5.81.